The van der Waals surface area contributed by atoms with Crippen molar-refractivity contribution in [3.63, 3.8) is 0 Å². The van der Waals surface area contributed by atoms with Crippen molar-refractivity contribution in [2.75, 3.05) is 0 Å². The molecule has 0 aromatic rings. The zero-order chi connectivity index (χ0) is 13.8. The molecule has 2 atom stereocenters. The first kappa shape index (κ1) is 13.3. The Morgan fingerprint density at radius 1 is 1.32 bits per heavy atom. The molecule has 0 aromatic heterocycles. The first-order chi connectivity index (χ1) is 8.84. The zero-order valence-corrected chi connectivity index (χ0v) is 12.6. The van der Waals surface area contributed by atoms with Gasteiger partial charge in [-0.3, -0.25) is 0 Å². The summed E-state index contributed by atoms with van der Waals surface area (Å²) < 4.78 is 6.35. The quantitative estimate of drug-likeness (QED) is 0.668. The predicted octanol–water partition coefficient (Wildman–Crippen LogP) is 3.77. The van der Waals surface area contributed by atoms with Gasteiger partial charge in [0.1, 0.15) is 0 Å². The van der Waals surface area contributed by atoms with E-state index in [1.165, 1.54) is 18.3 Å². The molecule has 0 spiro atoms. The zero-order valence-electron chi connectivity index (χ0n) is 12.6. The van der Waals surface area contributed by atoms with Gasteiger partial charge in [0.05, 0.1) is 5.60 Å². The van der Waals surface area contributed by atoms with Crippen molar-refractivity contribution in [3.05, 3.63) is 11.5 Å². The summed E-state index contributed by atoms with van der Waals surface area (Å²) in [5.41, 5.74) is 1.66. The summed E-state index contributed by atoms with van der Waals surface area (Å²) in [6.45, 7) is 9.59. The average molecular weight is 255 g/mol. The van der Waals surface area contributed by atoms with E-state index in [0.29, 0.717) is 11.6 Å². The number of rotatable bonds is 1. The van der Waals surface area contributed by atoms with E-state index in [9.17, 15) is 5.26 Å². The Bertz CT molecular complexity index is 447. The van der Waals surface area contributed by atoms with Gasteiger partial charge in [0.15, 0.2) is 0 Å². The van der Waals surface area contributed by atoms with Gasteiger partial charge in [-0.2, -0.15) is 0 Å². The molecule has 3 aliphatic rings. The van der Waals surface area contributed by atoms with Gasteiger partial charge in [-0.05, 0) is 43.6 Å². The summed E-state index contributed by atoms with van der Waals surface area (Å²) in [7, 11) is 0. The molecule has 0 N–H and O–H groups in total. The van der Waals surface area contributed by atoms with Crippen molar-refractivity contribution in [2.45, 2.75) is 70.5 Å². The SMILES string of the molecule is CC1(C)CB(C2=CC3CCC(C2)B3C#N)OC1(C)C. The summed E-state index contributed by atoms with van der Waals surface area (Å²) in [4.78, 5) is 0. The molecule has 0 radical (unpaired) electrons. The molecule has 0 amide bonds. The Morgan fingerprint density at radius 3 is 2.58 bits per heavy atom. The molecule has 2 bridgehead atoms. The maximum absolute atomic E-state index is 9.28. The van der Waals surface area contributed by atoms with E-state index in [0.717, 1.165) is 12.7 Å². The summed E-state index contributed by atoms with van der Waals surface area (Å²) >= 11 is 0. The van der Waals surface area contributed by atoms with Crippen LogP contribution in [0, 0.1) is 16.6 Å². The van der Waals surface area contributed by atoms with Crippen molar-refractivity contribution in [2.24, 2.45) is 5.41 Å². The average Bonchev–Trinajstić information content (AvgIpc) is 2.68. The molecule has 0 aliphatic carbocycles. The summed E-state index contributed by atoms with van der Waals surface area (Å²) in [5.74, 6) is 3.61. The van der Waals surface area contributed by atoms with Gasteiger partial charge in [-0.25, -0.2) is 5.26 Å². The van der Waals surface area contributed by atoms with Crippen molar-refractivity contribution in [1.82, 2.24) is 0 Å². The topological polar surface area (TPSA) is 33.0 Å². The third-order valence-electron chi connectivity index (χ3n) is 6.09. The van der Waals surface area contributed by atoms with Crippen molar-refractivity contribution >= 4 is 13.6 Å². The second-order valence-electron chi connectivity index (χ2n) is 7.81. The number of nitrogens with zero attached hydrogens (tertiary/aromatic N) is 1. The summed E-state index contributed by atoms with van der Waals surface area (Å²) in [6, 6.07) is 0. The number of fused-ring (bicyclic) bond motifs is 2. The smallest absolute Gasteiger partial charge is 0.323 e. The van der Waals surface area contributed by atoms with E-state index in [2.05, 4.69) is 39.7 Å². The lowest BCUT2D eigenvalue weighted by molar-refractivity contribution is 0.0369. The second kappa shape index (κ2) is 4.16. The molecular formula is C15H23B2NO. The molecule has 4 heteroatoms. The Balaban J connectivity index is 1.82. The molecule has 0 aromatic carbocycles. The standard InChI is InChI=1S/C15H23B2NO/c1-14(2)9-17(19-15(14,3)4)13-7-11-5-6-12(8-13)16(11)10-18/h7,11-12H,5-6,8-9H2,1-4H3. The number of allylic oxidation sites excluding steroid dienone is 2. The molecule has 2 fully saturated rings. The van der Waals surface area contributed by atoms with Crippen LogP contribution in [0.1, 0.15) is 47.0 Å². The minimum Gasteiger partial charge on any atom is -0.426 e. The fourth-order valence-electron chi connectivity index (χ4n) is 4.09. The van der Waals surface area contributed by atoms with E-state index in [1.807, 2.05) is 0 Å². The van der Waals surface area contributed by atoms with Crippen LogP contribution in [0.25, 0.3) is 0 Å². The molecule has 3 aliphatic heterocycles. The normalized spacial score (nSPS) is 35.2. The molecule has 2 unspecified atom stereocenters. The van der Waals surface area contributed by atoms with Crippen LogP contribution >= 0.6 is 0 Å². The van der Waals surface area contributed by atoms with E-state index in [1.54, 1.807) is 0 Å². The number of nitriles is 1. The minimum absolute atomic E-state index is 0.0520. The maximum Gasteiger partial charge on any atom is 0.323 e. The highest BCUT2D eigenvalue weighted by Gasteiger charge is 2.52. The molecule has 2 saturated heterocycles. The molecule has 0 saturated carbocycles. The highest BCUT2D eigenvalue weighted by molar-refractivity contribution is 6.72. The van der Waals surface area contributed by atoms with E-state index in [-0.39, 0.29) is 24.6 Å². The van der Waals surface area contributed by atoms with Gasteiger partial charge < -0.3 is 4.65 Å². The van der Waals surface area contributed by atoms with Gasteiger partial charge in [-0.1, -0.05) is 38.2 Å². The lowest BCUT2D eigenvalue weighted by atomic mass is 9.33. The van der Waals surface area contributed by atoms with Crippen LogP contribution in [-0.4, -0.2) is 19.2 Å². The van der Waals surface area contributed by atoms with Crippen molar-refractivity contribution < 1.29 is 4.65 Å². The Kier molecular flexibility index (Phi) is 2.91. The molecule has 19 heavy (non-hydrogen) atoms. The predicted molar refractivity (Wildman–Crippen MR) is 80.3 cm³/mol. The van der Waals surface area contributed by atoms with Crippen LogP contribution in [0.3, 0.4) is 0 Å². The lowest BCUT2D eigenvalue weighted by Gasteiger charge is -2.34. The van der Waals surface area contributed by atoms with Crippen LogP contribution in [-0.2, 0) is 4.65 Å². The number of hydrogen-bond donors (Lipinski definition) is 0. The highest BCUT2D eigenvalue weighted by atomic mass is 16.5. The fourth-order valence-corrected chi connectivity index (χ4v) is 4.09. The van der Waals surface area contributed by atoms with Crippen molar-refractivity contribution in [1.29, 1.82) is 5.26 Å². The van der Waals surface area contributed by atoms with Gasteiger partial charge in [0.2, 0.25) is 0 Å². The van der Waals surface area contributed by atoms with Crippen LogP contribution in [0.15, 0.2) is 11.5 Å². The van der Waals surface area contributed by atoms with Gasteiger partial charge in [0, 0.05) is 5.97 Å². The first-order valence-electron chi connectivity index (χ1n) is 7.62. The second-order valence-corrected chi connectivity index (χ2v) is 7.81. The third-order valence-corrected chi connectivity index (χ3v) is 6.09. The summed E-state index contributed by atoms with van der Waals surface area (Å²) in [5, 5.41) is 9.28. The van der Waals surface area contributed by atoms with Crippen LogP contribution in [0.5, 0.6) is 0 Å². The van der Waals surface area contributed by atoms with Gasteiger partial charge >= 0.3 is 6.92 Å². The maximum atomic E-state index is 9.28. The Morgan fingerprint density at radius 2 is 2.05 bits per heavy atom. The molecule has 3 rings (SSSR count). The van der Waals surface area contributed by atoms with E-state index in [4.69, 9.17) is 4.65 Å². The fraction of sp³-hybridized carbons (Fsp3) is 0.800. The first-order valence-corrected chi connectivity index (χ1v) is 7.62. The Labute approximate surface area is 117 Å². The number of hydrogen-bond acceptors (Lipinski definition) is 2. The Hall–Kier alpha value is -0.680. The molecule has 2 nitrogen and oxygen atoms in total. The van der Waals surface area contributed by atoms with E-state index >= 15 is 0 Å². The summed E-state index contributed by atoms with van der Waals surface area (Å²) in [6.07, 6.45) is 7.02. The largest absolute Gasteiger partial charge is 0.426 e. The lowest BCUT2D eigenvalue weighted by Crippen LogP contribution is -2.34. The minimum atomic E-state index is -0.0520. The van der Waals surface area contributed by atoms with Crippen LogP contribution in [0.2, 0.25) is 18.0 Å². The monoisotopic (exact) mass is 255 g/mol. The van der Waals surface area contributed by atoms with E-state index < -0.39 is 0 Å². The molecule has 3 heterocycles. The van der Waals surface area contributed by atoms with Gasteiger partial charge in [-0.15, -0.1) is 0 Å². The van der Waals surface area contributed by atoms with Crippen LogP contribution < -0.4 is 0 Å². The van der Waals surface area contributed by atoms with Crippen molar-refractivity contribution in [3.8, 4) is 5.97 Å². The van der Waals surface area contributed by atoms with Gasteiger partial charge in [0.25, 0.3) is 6.71 Å². The third kappa shape index (κ3) is 1.98. The highest BCUT2D eigenvalue weighted by Crippen LogP contribution is 2.52. The molecular weight excluding hydrogens is 232 g/mol. The van der Waals surface area contributed by atoms with Crippen LogP contribution in [0.4, 0.5) is 0 Å². The molecule has 100 valence electrons.